The number of nitrogens with zero attached hydrogens (tertiary/aromatic N) is 1. The summed E-state index contributed by atoms with van der Waals surface area (Å²) < 4.78 is 48.6. The summed E-state index contributed by atoms with van der Waals surface area (Å²) >= 11 is 0. The lowest BCUT2D eigenvalue weighted by molar-refractivity contribution is 0.0696. The van der Waals surface area contributed by atoms with Crippen molar-refractivity contribution in [3.63, 3.8) is 0 Å². The molecular weight excluding hydrogens is 318 g/mol. The Bertz CT molecular complexity index is 736. The summed E-state index contributed by atoms with van der Waals surface area (Å²) in [5.41, 5.74) is -0.00364. The Morgan fingerprint density at radius 1 is 1.24 bits per heavy atom. The minimum atomic E-state index is -3.64. The molecule has 1 aliphatic heterocycles. The summed E-state index contributed by atoms with van der Waals surface area (Å²) in [5, 5.41) is 8.76. The Labute approximate surface area is 123 Å². The zero-order valence-corrected chi connectivity index (χ0v) is 12.7. The van der Waals surface area contributed by atoms with Crippen molar-refractivity contribution in [2.75, 3.05) is 24.6 Å². The van der Waals surface area contributed by atoms with Crippen molar-refractivity contribution < 1.29 is 26.7 Å². The highest BCUT2D eigenvalue weighted by Crippen LogP contribution is 2.16. The first-order chi connectivity index (χ1) is 9.72. The van der Waals surface area contributed by atoms with E-state index < -0.39 is 25.8 Å². The number of sulfone groups is 1. The Morgan fingerprint density at radius 2 is 1.86 bits per heavy atom. The van der Waals surface area contributed by atoms with Gasteiger partial charge in [-0.3, -0.25) is 0 Å². The fourth-order valence-electron chi connectivity index (χ4n) is 2.09. The van der Waals surface area contributed by atoms with E-state index in [1.54, 1.807) is 0 Å². The van der Waals surface area contributed by atoms with Gasteiger partial charge in [-0.2, -0.15) is 0 Å². The molecular formula is C12H15NO6S2. The highest BCUT2D eigenvalue weighted by molar-refractivity contribution is 7.91. The van der Waals surface area contributed by atoms with Crippen molar-refractivity contribution in [2.45, 2.75) is 11.3 Å². The molecule has 9 heteroatoms. The van der Waals surface area contributed by atoms with Crippen molar-refractivity contribution in [1.29, 1.82) is 0 Å². The number of carbonyl (C=O) groups is 1. The van der Waals surface area contributed by atoms with Crippen LogP contribution >= 0.6 is 0 Å². The van der Waals surface area contributed by atoms with E-state index in [1.807, 2.05) is 0 Å². The summed E-state index contributed by atoms with van der Waals surface area (Å²) in [7, 11) is -6.96. The van der Waals surface area contributed by atoms with Crippen LogP contribution < -0.4 is 0 Å². The molecule has 0 spiro atoms. The van der Waals surface area contributed by atoms with E-state index >= 15 is 0 Å². The summed E-state index contributed by atoms with van der Waals surface area (Å²) in [4.78, 5) is 10.7. The Morgan fingerprint density at radius 3 is 2.33 bits per heavy atom. The van der Waals surface area contributed by atoms with Gasteiger partial charge in [-0.25, -0.2) is 25.9 Å². The van der Waals surface area contributed by atoms with E-state index in [0.29, 0.717) is 13.0 Å². The van der Waals surface area contributed by atoms with Gasteiger partial charge < -0.3 is 5.11 Å². The monoisotopic (exact) mass is 333 g/mol. The second-order valence-corrected chi connectivity index (χ2v) is 8.91. The van der Waals surface area contributed by atoms with E-state index in [9.17, 15) is 21.6 Å². The van der Waals surface area contributed by atoms with Crippen LogP contribution in [0.5, 0.6) is 0 Å². The molecule has 1 N–H and O–H groups in total. The number of carboxylic acids is 1. The van der Waals surface area contributed by atoms with Gasteiger partial charge in [0.2, 0.25) is 10.0 Å². The van der Waals surface area contributed by atoms with Crippen molar-refractivity contribution in [3.05, 3.63) is 29.8 Å². The molecule has 21 heavy (non-hydrogen) atoms. The van der Waals surface area contributed by atoms with Gasteiger partial charge in [0.15, 0.2) is 9.84 Å². The molecule has 1 saturated heterocycles. The average Bonchev–Trinajstić information content (AvgIpc) is 2.75. The SMILES string of the molecule is O=C(O)c1ccc(S(=O)(=O)CCN2CCCS2(=O)=O)cc1. The molecule has 1 aromatic rings. The second kappa shape index (κ2) is 5.74. The van der Waals surface area contributed by atoms with E-state index in [4.69, 9.17) is 5.11 Å². The Balaban J connectivity index is 2.10. The second-order valence-electron chi connectivity index (χ2n) is 4.72. The number of hydrogen-bond acceptors (Lipinski definition) is 5. The van der Waals surface area contributed by atoms with Gasteiger partial charge in [0.1, 0.15) is 0 Å². The molecule has 2 rings (SSSR count). The van der Waals surface area contributed by atoms with Crippen molar-refractivity contribution >= 4 is 25.8 Å². The van der Waals surface area contributed by atoms with E-state index in [2.05, 4.69) is 0 Å². The molecule has 0 bridgehead atoms. The molecule has 0 atom stereocenters. The van der Waals surface area contributed by atoms with Gasteiger partial charge in [0, 0.05) is 13.1 Å². The third kappa shape index (κ3) is 3.60. The average molecular weight is 333 g/mol. The van der Waals surface area contributed by atoms with E-state index in [0.717, 1.165) is 0 Å². The molecule has 7 nitrogen and oxygen atoms in total. The van der Waals surface area contributed by atoms with Crippen LogP contribution in [0.1, 0.15) is 16.8 Å². The lowest BCUT2D eigenvalue weighted by atomic mass is 10.2. The maximum Gasteiger partial charge on any atom is 0.335 e. The molecule has 0 amide bonds. The first-order valence-electron chi connectivity index (χ1n) is 6.26. The number of aromatic carboxylic acids is 1. The topological polar surface area (TPSA) is 109 Å². The summed E-state index contributed by atoms with van der Waals surface area (Å²) in [5.74, 6) is -1.40. The Hall–Kier alpha value is -1.45. The molecule has 1 aromatic carbocycles. The molecule has 0 saturated carbocycles. The lowest BCUT2D eigenvalue weighted by Gasteiger charge is -2.14. The number of hydrogen-bond donors (Lipinski definition) is 1. The van der Waals surface area contributed by atoms with E-state index in [1.165, 1.54) is 28.6 Å². The first kappa shape index (κ1) is 15.9. The summed E-state index contributed by atoms with van der Waals surface area (Å²) in [6, 6.07) is 4.86. The van der Waals surface area contributed by atoms with Crippen LogP contribution in [0.4, 0.5) is 0 Å². The number of rotatable bonds is 5. The molecule has 1 fully saturated rings. The quantitative estimate of drug-likeness (QED) is 0.824. The first-order valence-corrected chi connectivity index (χ1v) is 9.52. The maximum atomic E-state index is 12.1. The molecule has 0 aromatic heterocycles. The number of sulfonamides is 1. The zero-order chi connectivity index (χ0) is 15.7. The fraction of sp³-hybridized carbons (Fsp3) is 0.417. The van der Waals surface area contributed by atoms with Gasteiger partial charge in [-0.1, -0.05) is 0 Å². The molecule has 0 unspecified atom stereocenters. The van der Waals surface area contributed by atoms with E-state index in [-0.39, 0.29) is 28.5 Å². The number of carboxylic acid groups (broad SMARTS) is 1. The molecule has 0 aliphatic carbocycles. The minimum Gasteiger partial charge on any atom is -0.478 e. The third-order valence-corrected chi connectivity index (χ3v) is 6.94. The molecule has 1 aliphatic rings. The van der Waals surface area contributed by atoms with Crippen LogP contribution in [0.2, 0.25) is 0 Å². The molecule has 116 valence electrons. The van der Waals surface area contributed by atoms with Crippen LogP contribution in [-0.4, -0.2) is 56.8 Å². The smallest absolute Gasteiger partial charge is 0.335 e. The summed E-state index contributed by atoms with van der Waals surface area (Å²) in [6.45, 7) is 0.265. The largest absolute Gasteiger partial charge is 0.478 e. The lowest BCUT2D eigenvalue weighted by Crippen LogP contribution is -2.31. The highest BCUT2D eigenvalue weighted by atomic mass is 32.2. The van der Waals surface area contributed by atoms with Gasteiger partial charge in [-0.05, 0) is 30.7 Å². The minimum absolute atomic E-state index is 0.00364. The van der Waals surface area contributed by atoms with Gasteiger partial charge >= 0.3 is 5.97 Å². The highest BCUT2D eigenvalue weighted by Gasteiger charge is 2.29. The number of benzene rings is 1. The normalized spacial score (nSPS) is 18.7. The standard InChI is InChI=1S/C12H15NO6S2/c14-12(15)10-2-4-11(5-3-10)20(16,17)9-7-13-6-1-8-21(13,18)19/h2-5H,1,6-9H2,(H,14,15). The maximum absolute atomic E-state index is 12.1. The van der Waals surface area contributed by atoms with Crippen LogP contribution in [0, 0.1) is 0 Å². The van der Waals surface area contributed by atoms with Gasteiger partial charge in [0.25, 0.3) is 0 Å². The summed E-state index contributed by atoms with van der Waals surface area (Å²) in [6.07, 6.45) is 0.510. The van der Waals surface area contributed by atoms with Crippen LogP contribution in [0.25, 0.3) is 0 Å². The van der Waals surface area contributed by atoms with Crippen LogP contribution in [-0.2, 0) is 19.9 Å². The van der Waals surface area contributed by atoms with Crippen LogP contribution in [0.3, 0.4) is 0 Å². The van der Waals surface area contributed by atoms with Gasteiger partial charge in [-0.15, -0.1) is 0 Å². The third-order valence-electron chi connectivity index (χ3n) is 3.27. The zero-order valence-electron chi connectivity index (χ0n) is 11.1. The van der Waals surface area contributed by atoms with Crippen LogP contribution in [0.15, 0.2) is 29.2 Å². The fourth-order valence-corrected chi connectivity index (χ4v) is 4.98. The Kier molecular flexibility index (Phi) is 4.35. The molecule has 0 radical (unpaired) electrons. The van der Waals surface area contributed by atoms with Crippen molar-refractivity contribution in [2.24, 2.45) is 0 Å². The predicted molar refractivity (Wildman–Crippen MR) is 75.4 cm³/mol. The predicted octanol–water partition coefficient (Wildman–Crippen LogP) is 0.194. The van der Waals surface area contributed by atoms with Crippen molar-refractivity contribution in [1.82, 2.24) is 4.31 Å². The van der Waals surface area contributed by atoms with Crippen molar-refractivity contribution in [3.8, 4) is 0 Å². The van der Waals surface area contributed by atoms with Gasteiger partial charge in [0.05, 0.1) is 22.0 Å². The molecule has 1 heterocycles.